The predicted molar refractivity (Wildman–Crippen MR) is 114 cm³/mol. The molecule has 0 saturated carbocycles. The van der Waals surface area contributed by atoms with Crippen LogP contribution in [-0.2, 0) is 10.0 Å². The smallest absolute Gasteiger partial charge is 0.261 e. The van der Waals surface area contributed by atoms with Crippen LogP contribution in [0.1, 0.15) is 6.92 Å². The highest BCUT2D eigenvalue weighted by molar-refractivity contribution is 7.92. The zero-order chi connectivity index (χ0) is 21.0. The maximum absolute atomic E-state index is 12.7. The van der Waals surface area contributed by atoms with Gasteiger partial charge in [0.15, 0.2) is 0 Å². The number of anilines is 1. The van der Waals surface area contributed by atoms with Crippen LogP contribution >= 0.6 is 0 Å². The number of sulfonamides is 1. The lowest BCUT2D eigenvalue weighted by atomic mass is 10.2. The molecule has 7 nitrogen and oxygen atoms in total. The summed E-state index contributed by atoms with van der Waals surface area (Å²) < 4.78 is 39.1. The highest BCUT2D eigenvalue weighted by atomic mass is 32.2. The average molecular weight is 421 g/mol. The predicted octanol–water partition coefficient (Wildman–Crippen LogP) is 4.60. The lowest BCUT2D eigenvalue weighted by Crippen LogP contribution is -2.12. The zero-order valence-corrected chi connectivity index (χ0v) is 17.0. The van der Waals surface area contributed by atoms with Gasteiger partial charge in [-0.3, -0.25) is 4.72 Å². The number of hydrogen-bond acceptors (Lipinski definition) is 6. The molecular formula is C22H19N3O4S. The Labute approximate surface area is 174 Å². The van der Waals surface area contributed by atoms with Crippen molar-refractivity contribution in [3.63, 3.8) is 0 Å². The highest BCUT2D eigenvalue weighted by Crippen LogP contribution is 2.27. The molecule has 0 radical (unpaired) electrons. The minimum Gasteiger partial charge on any atom is -0.494 e. The number of nitrogens with one attached hydrogen (secondary N) is 1. The van der Waals surface area contributed by atoms with Crippen molar-refractivity contribution in [3.8, 4) is 28.7 Å². The summed E-state index contributed by atoms with van der Waals surface area (Å²) in [4.78, 5) is 0.139. The van der Waals surface area contributed by atoms with E-state index in [4.69, 9.17) is 9.15 Å². The molecule has 152 valence electrons. The summed E-state index contributed by atoms with van der Waals surface area (Å²) in [5.41, 5.74) is 1.81. The molecule has 0 fully saturated rings. The van der Waals surface area contributed by atoms with Crippen LogP contribution in [-0.4, -0.2) is 25.2 Å². The summed E-state index contributed by atoms with van der Waals surface area (Å²) in [6.45, 7) is 2.38. The van der Waals surface area contributed by atoms with E-state index < -0.39 is 10.0 Å². The summed E-state index contributed by atoms with van der Waals surface area (Å²) in [7, 11) is -3.75. The van der Waals surface area contributed by atoms with Gasteiger partial charge in [-0.2, -0.15) is 0 Å². The quantitative estimate of drug-likeness (QED) is 0.469. The largest absolute Gasteiger partial charge is 0.494 e. The van der Waals surface area contributed by atoms with Crippen molar-refractivity contribution in [1.29, 1.82) is 0 Å². The third-order valence-electron chi connectivity index (χ3n) is 4.25. The molecule has 0 atom stereocenters. The van der Waals surface area contributed by atoms with Gasteiger partial charge in [-0.1, -0.05) is 24.3 Å². The number of ether oxygens (including phenoxy) is 1. The number of nitrogens with zero attached hydrogens (tertiary/aromatic N) is 2. The fourth-order valence-electron chi connectivity index (χ4n) is 2.85. The van der Waals surface area contributed by atoms with Gasteiger partial charge >= 0.3 is 0 Å². The van der Waals surface area contributed by atoms with Crippen molar-refractivity contribution < 1.29 is 17.6 Å². The molecule has 0 aliphatic carbocycles. The van der Waals surface area contributed by atoms with Crippen LogP contribution < -0.4 is 9.46 Å². The van der Waals surface area contributed by atoms with Crippen LogP contribution in [0.4, 0.5) is 5.69 Å². The number of aromatic nitrogens is 2. The first-order valence-electron chi connectivity index (χ1n) is 9.30. The van der Waals surface area contributed by atoms with E-state index >= 15 is 0 Å². The van der Waals surface area contributed by atoms with E-state index in [1.807, 2.05) is 37.3 Å². The van der Waals surface area contributed by atoms with Gasteiger partial charge in [-0.15, -0.1) is 10.2 Å². The monoisotopic (exact) mass is 421 g/mol. The summed E-state index contributed by atoms with van der Waals surface area (Å²) >= 11 is 0. The van der Waals surface area contributed by atoms with Crippen molar-refractivity contribution in [2.45, 2.75) is 11.8 Å². The van der Waals surface area contributed by atoms with Gasteiger partial charge < -0.3 is 9.15 Å². The van der Waals surface area contributed by atoms with Crippen LogP contribution in [0.25, 0.3) is 22.9 Å². The van der Waals surface area contributed by atoms with Crippen LogP contribution in [0.5, 0.6) is 5.75 Å². The molecule has 0 unspecified atom stereocenters. The molecule has 1 heterocycles. The molecule has 0 spiro atoms. The lowest BCUT2D eigenvalue weighted by molar-refractivity contribution is 0.340. The molecule has 30 heavy (non-hydrogen) atoms. The summed E-state index contributed by atoms with van der Waals surface area (Å²) in [5, 5.41) is 8.15. The second-order valence-electron chi connectivity index (χ2n) is 6.37. The lowest BCUT2D eigenvalue weighted by Gasteiger charge is -2.09. The topological polar surface area (TPSA) is 94.3 Å². The Kier molecular flexibility index (Phi) is 5.49. The van der Waals surface area contributed by atoms with Crippen molar-refractivity contribution in [2.75, 3.05) is 11.3 Å². The van der Waals surface area contributed by atoms with Gasteiger partial charge in [0.2, 0.25) is 11.8 Å². The Morgan fingerprint density at radius 2 is 1.53 bits per heavy atom. The second kappa shape index (κ2) is 8.38. The van der Waals surface area contributed by atoms with Crippen LogP contribution in [0, 0.1) is 0 Å². The van der Waals surface area contributed by atoms with E-state index in [1.54, 1.807) is 36.4 Å². The van der Waals surface area contributed by atoms with Gasteiger partial charge in [0.05, 0.1) is 11.5 Å². The third-order valence-corrected chi connectivity index (χ3v) is 5.65. The van der Waals surface area contributed by atoms with Gasteiger partial charge in [0.25, 0.3) is 10.0 Å². The van der Waals surface area contributed by atoms with Crippen molar-refractivity contribution in [1.82, 2.24) is 10.2 Å². The highest BCUT2D eigenvalue weighted by Gasteiger charge is 2.16. The maximum Gasteiger partial charge on any atom is 0.261 e. The Balaban J connectivity index is 1.56. The minimum atomic E-state index is -3.75. The third kappa shape index (κ3) is 4.33. The molecule has 0 saturated heterocycles. The van der Waals surface area contributed by atoms with Gasteiger partial charge in [0, 0.05) is 16.8 Å². The first kappa shape index (κ1) is 19.7. The molecule has 1 N–H and O–H groups in total. The molecule has 8 heteroatoms. The molecule has 0 bridgehead atoms. The van der Waals surface area contributed by atoms with Crippen LogP contribution in [0.15, 0.2) is 88.2 Å². The molecule has 0 aliphatic rings. The Morgan fingerprint density at radius 3 is 2.23 bits per heavy atom. The van der Waals surface area contributed by atoms with Crippen LogP contribution in [0.3, 0.4) is 0 Å². The molecule has 0 amide bonds. The first-order chi connectivity index (χ1) is 14.5. The molecule has 4 rings (SSSR count). The van der Waals surface area contributed by atoms with E-state index in [0.717, 1.165) is 5.56 Å². The van der Waals surface area contributed by atoms with Crippen molar-refractivity contribution in [2.24, 2.45) is 0 Å². The Bertz CT molecular complexity index is 1240. The number of hydrogen-bond donors (Lipinski definition) is 1. The van der Waals surface area contributed by atoms with Crippen LogP contribution in [0.2, 0.25) is 0 Å². The Hall–Kier alpha value is -3.65. The van der Waals surface area contributed by atoms with Gasteiger partial charge in [-0.25, -0.2) is 8.42 Å². The van der Waals surface area contributed by atoms with Crippen molar-refractivity contribution in [3.05, 3.63) is 78.9 Å². The second-order valence-corrected chi connectivity index (χ2v) is 8.05. The minimum absolute atomic E-state index is 0.139. The zero-order valence-electron chi connectivity index (χ0n) is 16.1. The summed E-state index contributed by atoms with van der Waals surface area (Å²) in [6, 6.07) is 22.5. The van der Waals surface area contributed by atoms with Crippen molar-refractivity contribution >= 4 is 15.7 Å². The van der Waals surface area contributed by atoms with Gasteiger partial charge in [-0.05, 0) is 61.5 Å². The first-order valence-corrected chi connectivity index (χ1v) is 10.8. The standard InChI is InChI=1S/C22H19N3O4S/c1-2-28-19-11-13-20(14-12-19)30(26,27)25-18-10-6-9-17(15-18)22-24-23-21(29-22)16-7-4-3-5-8-16/h3-15,25H,2H2,1H3. The molecular weight excluding hydrogens is 402 g/mol. The van der Waals surface area contributed by atoms with E-state index in [9.17, 15) is 8.42 Å². The molecule has 4 aromatic rings. The summed E-state index contributed by atoms with van der Waals surface area (Å²) in [6.07, 6.45) is 0. The normalized spacial score (nSPS) is 11.2. The van der Waals surface area contributed by atoms with E-state index in [2.05, 4.69) is 14.9 Å². The average Bonchev–Trinajstić information content (AvgIpc) is 3.25. The fraction of sp³-hybridized carbons (Fsp3) is 0.0909. The maximum atomic E-state index is 12.7. The Morgan fingerprint density at radius 1 is 0.867 bits per heavy atom. The molecule has 0 aliphatic heterocycles. The van der Waals surface area contributed by atoms with Gasteiger partial charge in [0.1, 0.15) is 5.75 Å². The SMILES string of the molecule is CCOc1ccc(S(=O)(=O)Nc2cccc(-c3nnc(-c4ccccc4)o3)c2)cc1. The molecule has 3 aromatic carbocycles. The number of benzene rings is 3. The number of rotatable bonds is 7. The fourth-order valence-corrected chi connectivity index (χ4v) is 3.90. The van der Waals surface area contributed by atoms with E-state index in [-0.39, 0.29) is 4.90 Å². The summed E-state index contributed by atoms with van der Waals surface area (Å²) in [5.74, 6) is 1.31. The van der Waals surface area contributed by atoms with E-state index in [1.165, 1.54) is 12.1 Å². The molecule has 1 aromatic heterocycles. The van der Waals surface area contributed by atoms with E-state index in [0.29, 0.717) is 35.4 Å².